The molecule has 162 valence electrons. The van der Waals surface area contributed by atoms with Gasteiger partial charge in [-0.3, -0.25) is 0 Å². The molecule has 4 aromatic carbocycles. The molecule has 1 aromatic heterocycles. The fraction of sp³-hybridized carbons (Fsp3) is 0.0690. The zero-order chi connectivity index (χ0) is 22.9. The van der Waals surface area contributed by atoms with E-state index in [2.05, 4.69) is 85.8 Å². The second kappa shape index (κ2) is 8.20. The maximum absolute atomic E-state index is 9.37. The van der Waals surface area contributed by atoms with Gasteiger partial charge in [0.05, 0.1) is 0 Å². The third kappa shape index (κ3) is 3.37. The summed E-state index contributed by atoms with van der Waals surface area (Å²) in [5, 5.41) is 13.6. The number of hydrogen-bond donors (Lipinski definition) is 0. The molecule has 0 aliphatic heterocycles. The summed E-state index contributed by atoms with van der Waals surface area (Å²) < 4.78 is 6.42. The number of benzene rings is 4. The number of nitrogens with zero attached hydrogens (tertiary/aromatic N) is 1. The molecule has 0 saturated carbocycles. The van der Waals surface area contributed by atoms with Gasteiger partial charge in [0.2, 0.25) is 0 Å². The Balaban J connectivity index is 1.85. The predicted octanol–water partition coefficient (Wildman–Crippen LogP) is 6.80. The van der Waals surface area contributed by atoms with Gasteiger partial charge in [0.25, 0.3) is 0 Å². The first-order valence-corrected chi connectivity index (χ1v) is 14.2. The Bertz CT molecular complexity index is 1370. The van der Waals surface area contributed by atoms with E-state index < -0.39 is 5.96 Å². The summed E-state index contributed by atoms with van der Waals surface area (Å²) in [5.41, 5.74) is 2.42. The summed E-state index contributed by atoms with van der Waals surface area (Å²) in [6.45, 7) is 2.06. The molecule has 0 aliphatic rings. The van der Waals surface area contributed by atoms with Crippen LogP contribution in [0.1, 0.15) is 16.9 Å². The van der Waals surface area contributed by atoms with Crippen LogP contribution in [-0.4, -0.2) is 0 Å². The van der Waals surface area contributed by atoms with Crippen molar-refractivity contribution in [3.05, 3.63) is 126 Å². The molecule has 1 heterocycles. The number of fused-ring (bicyclic) bond motifs is 1. The van der Waals surface area contributed by atoms with Crippen LogP contribution in [0.5, 0.6) is 0 Å². The van der Waals surface area contributed by atoms with Crippen molar-refractivity contribution < 1.29 is 4.42 Å². The van der Waals surface area contributed by atoms with Crippen LogP contribution >= 0.6 is 17.2 Å². The third-order valence-electron chi connectivity index (χ3n) is 6.49. The second-order valence-corrected chi connectivity index (χ2v) is 14.8. The van der Waals surface area contributed by atoms with Crippen molar-refractivity contribution in [1.29, 1.82) is 5.26 Å². The molecule has 0 amide bonds. The molecule has 0 radical (unpaired) electrons. The Morgan fingerprint density at radius 3 is 1.70 bits per heavy atom. The molecule has 0 unspecified atom stereocenters. The van der Waals surface area contributed by atoms with Gasteiger partial charge in [0.15, 0.2) is 0 Å². The third-order valence-corrected chi connectivity index (χ3v) is 13.6. The Morgan fingerprint density at radius 2 is 1.24 bits per heavy atom. The number of nitriles is 1. The van der Waals surface area contributed by atoms with E-state index in [9.17, 15) is 5.26 Å². The van der Waals surface area contributed by atoms with E-state index in [1.165, 1.54) is 0 Å². The van der Waals surface area contributed by atoms with Crippen molar-refractivity contribution in [2.45, 2.75) is 13.1 Å². The van der Waals surface area contributed by atoms with Gasteiger partial charge in [0, 0.05) is 0 Å². The van der Waals surface area contributed by atoms with Gasteiger partial charge in [-0.2, -0.15) is 0 Å². The molecule has 0 bridgehead atoms. The van der Waals surface area contributed by atoms with Gasteiger partial charge in [0.1, 0.15) is 0 Å². The average Bonchev–Trinajstić information content (AvgIpc) is 3.19. The zero-order valence-corrected chi connectivity index (χ0v) is 19.9. The van der Waals surface area contributed by atoms with E-state index in [1.807, 2.05) is 30.3 Å². The van der Waals surface area contributed by atoms with Gasteiger partial charge >= 0.3 is 199 Å². The molecular weight excluding hydrogens is 445 g/mol. The van der Waals surface area contributed by atoms with Crippen LogP contribution in [0.4, 0.5) is 0 Å². The van der Waals surface area contributed by atoms with Crippen LogP contribution in [0.2, 0.25) is 0 Å². The van der Waals surface area contributed by atoms with Crippen LogP contribution in [0.25, 0.3) is 11.0 Å². The van der Waals surface area contributed by atoms with Gasteiger partial charge in [-0.25, -0.2) is 0 Å². The summed E-state index contributed by atoms with van der Waals surface area (Å²) >= 11 is 8.18. The molecule has 4 heteroatoms. The van der Waals surface area contributed by atoms with E-state index in [0.717, 1.165) is 38.2 Å². The van der Waals surface area contributed by atoms with Gasteiger partial charge in [-0.15, -0.1) is 0 Å². The SMILES string of the molecule is Cc1c(CP(Cl)(c2ccccc2)(c2ccccc2)c2ccccc2)oc2ccc(C#N)cc12. The Hall–Kier alpha value is -3.37. The predicted molar refractivity (Wildman–Crippen MR) is 140 cm³/mol. The minimum atomic E-state index is -3.49. The van der Waals surface area contributed by atoms with Crippen LogP contribution in [0, 0.1) is 18.3 Å². The van der Waals surface area contributed by atoms with Crippen molar-refractivity contribution >= 4 is 44.1 Å². The summed E-state index contributed by atoms with van der Waals surface area (Å²) in [5.74, 6) is -2.64. The first kappa shape index (κ1) is 21.5. The quantitative estimate of drug-likeness (QED) is 0.267. The number of furan rings is 1. The molecular formula is C29H23ClNOP. The van der Waals surface area contributed by atoms with Gasteiger partial charge in [-0.1, -0.05) is 0 Å². The second-order valence-electron chi connectivity index (χ2n) is 8.32. The molecule has 33 heavy (non-hydrogen) atoms. The van der Waals surface area contributed by atoms with Crippen LogP contribution in [0.3, 0.4) is 0 Å². The van der Waals surface area contributed by atoms with Crippen LogP contribution in [0.15, 0.2) is 114 Å². The first-order valence-electron chi connectivity index (χ1n) is 10.9. The fourth-order valence-electron chi connectivity index (χ4n) is 4.70. The number of rotatable bonds is 5. The minimum absolute atomic E-state index is 0.535. The van der Waals surface area contributed by atoms with Crippen LogP contribution < -0.4 is 15.9 Å². The van der Waals surface area contributed by atoms with Crippen molar-refractivity contribution in [3.8, 4) is 6.07 Å². The van der Waals surface area contributed by atoms with Crippen molar-refractivity contribution in [2.24, 2.45) is 0 Å². The summed E-state index contributed by atoms with van der Waals surface area (Å²) in [6, 6.07) is 39.0. The molecule has 5 aromatic rings. The number of aryl methyl sites for hydroxylation is 1. The molecule has 0 saturated heterocycles. The van der Waals surface area contributed by atoms with Gasteiger partial charge in [-0.05, 0) is 0 Å². The Kier molecular flexibility index (Phi) is 5.34. The van der Waals surface area contributed by atoms with E-state index >= 15 is 0 Å². The molecule has 0 spiro atoms. The van der Waals surface area contributed by atoms with Gasteiger partial charge < -0.3 is 0 Å². The number of halogens is 1. The molecule has 5 rings (SSSR count). The Labute approximate surface area is 198 Å². The van der Waals surface area contributed by atoms with Crippen molar-refractivity contribution in [2.75, 3.05) is 0 Å². The van der Waals surface area contributed by atoms with E-state index in [4.69, 9.17) is 15.7 Å². The van der Waals surface area contributed by atoms with E-state index in [0.29, 0.717) is 11.7 Å². The zero-order valence-electron chi connectivity index (χ0n) is 18.3. The molecule has 2 nitrogen and oxygen atoms in total. The standard InChI is InChI=1S/C29H23ClNOP/c1-22-27-19-23(20-31)17-18-28(27)32-29(22)21-33(30,24-11-5-2-6-12-24,25-13-7-3-8-14-25)26-15-9-4-10-16-26/h2-19H,21H2,1H3. The van der Waals surface area contributed by atoms with Crippen molar-refractivity contribution in [1.82, 2.24) is 0 Å². The first-order chi connectivity index (χ1) is 16.0. The average molecular weight is 468 g/mol. The van der Waals surface area contributed by atoms with E-state index in [1.54, 1.807) is 6.07 Å². The van der Waals surface area contributed by atoms with Crippen molar-refractivity contribution in [3.63, 3.8) is 0 Å². The fourth-order valence-corrected chi connectivity index (χ4v) is 10.7. The number of hydrogen-bond acceptors (Lipinski definition) is 2. The molecule has 0 N–H and O–H groups in total. The maximum atomic E-state index is 9.37. The molecule has 0 aliphatic carbocycles. The summed E-state index contributed by atoms with van der Waals surface area (Å²) in [6.07, 6.45) is 0.535. The monoisotopic (exact) mass is 467 g/mol. The summed E-state index contributed by atoms with van der Waals surface area (Å²) in [4.78, 5) is 0. The molecule has 0 fully saturated rings. The topological polar surface area (TPSA) is 36.9 Å². The Morgan fingerprint density at radius 1 is 0.758 bits per heavy atom. The van der Waals surface area contributed by atoms with E-state index in [-0.39, 0.29) is 0 Å². The normalized spacial score (nSPS) is 12.7. The summed E-state index contributed by atoms with van der Waals surface area (Å²) in [7, 11) is 0. The van der Waals surface area contributed by atoms with Crippen LogP contribution in [-0.2, 0) is 6.16 Å². The molecule has 0 atom stereocenters.